The van der Waals surface area contributed by atoms with Gasteiger partial charge in [-0.3, -0.25) is 0 Å². The molecule has 2 atom stereocenters. The van der Waals surface area contributed by atoms with Gasteiger partial charge < -0.3 is 10.1 Å². The highest BCUT2D eigenvalue weighted by molar-refractivity contribution is 6.30. The Kier molecular flexibility index (Phi) is 4.36. The minimum atomic E-state index is -0.533. The molecule has 3 nitrogen and oxygen atoms in total. The molecule has 2 heterocycles. The minimum Gasteiger partial charge on any atom is -0.467 e. The van der Waals surface area contributed by atoms with Crippen LogP contribution in [0.15, 0.2) is 42.6 Å². The summed E-state index contributed by atoms with van der Waals surface area (Å²) >= 11 is 5.73. The molecule has 1 saturated heterocycles. The summed E-state index contributed by atoms with van der Waals surface area (Å²) in [6.45, 7) is 1.81. The van der Waals surface area contributed by atoms with Gasteiger partial charge in [0.2, 0.25) is 0 Å². The van der Waals surface area contributed by atoms with E-state index >= 15 is 0 Å². The summed E-state index contributed by atoms with van der Waals surface area (Å²) < 4.78 is 19.8. The minimum absolute atomic E-state index is 0.000142. The average Bonchev–Trinajstić information content (AvgIpc) is 3.01. The second kappa shape index (κ2) is 6.41. The van der Waals surface area contributed by atoms with Crippen LogP contribution < -0.4 is 10.1 Å². The van der Waals surface area contributed by atoms with Crippen LogP contribution in [0.4, 0.5) is 4.39 Å². The SMILES string of the molecule is Fc1cc(Cl)cnc1OC(c1ccccc1)[C@H]1CCNC1. The lowest BCUT2D eigenvalue weighted by Crippen LogP contribution is -2.22. The molecular weight excluding hydrogens is 291 g/mol. The lowest BCUT2D eigenvalue weighted by Gasteiger charge is -2.24. The predicted molar refractivity (Wildman–Crippen MR) is 80.0 cm³/mol. The molecule has 1 aliphatic rings. The zero-order chi connectivity index (χ0) is 14.7. The lowest BCUT2D eigenvalue weighted by molar-refractivity contribution is 0.131. The molecule has 1 N–H and O–H groups in total. The Hall–Kier alpha value is -1.65. The summed E-state index contributed by atoms with van der Waals surface area (Å²) in [7, 11) is 0. The van der Waals surface area contributed by atoms with Gasteiger partial charge in [0.15, 0.2) is 5.82 Å². The number of aromatic nitrogens is 1. The molecule has 1 aromatic carbocycles. The largest absolute Gasteiger partial charge is 0.467 e. The second-order valence-electron chi connectivity index (χ2n) is 5.14. The Morgan fingerprint density at radius 1 is 1.33 bits per heavy atom. The first-order valence-corrected chi connectivity index (χ1v) is 7.35. The third-order valence-electron chi connectivity index (χ3n) is 3.67. The Labute approximate surface area is 128 Å². The van der Waals surface area contributed by atoms with Gasteiger partial charge in [0.25, 0.3) is 5.88 Å². The lowest BCUT2D eigenvalue weighted by atomic mass is 9.95. The van der Waals surface area contributed by atoms with Gasteiger partial charge in [0, 0.05) is 18.7 Å². The maximum absolute atomic E-state index is 13.9. The van der Waals surface area contributed by atoms with E-state index in [0.717, 1.165) is 25.1 Å². The third-order valence-corrected chi connectivity index (χ3v) is 3.87. The van der Waals surface area contributed by atoms with E-state index in [1.807, 2.05) is 30.3 Å². The van der Waals surface area contributed by atoms with Crippen LogP contribution in [0.3, 0.4) is 0 Å². The molecular formula is C16H16ClFN2O. The highest BCUT2D eigenvalue weighted by atomic mass is 35.5. The van der Waals surface area contributed by atoms with Gasteiger partial charge in [0.1, 0.15) is 6.10 Å². The second-order valence-corrected chi connectivity index (χ2v) is 5.58. The van der Waals surface area contributed by atoms with Crippen molar-refractivity contribution in [1.29, 1.82) is 0 Å². The van der Waals surface area contributed by atoms with Gasteiger partial charge in [-0.2, -0.15) is 0 Å². The van der Waals surface area contributed by atoms with Gasteiger partial charge in [-0.25, -0.2) is 9.37 Å². The Balaban J connectivity index is 1.88. The number of benzene rings is 1. The summed E-state index contributed by atoms with van der Waals surface area (Å²) in [6, 6.07) is 11.1. The van der Waals surface area contributed by atoms with Gasteiger partial charge in [-0.1, -0.05) is 41.9 Å². The van der Waals surface area contributed by atoms with Gasteiger partial charge in [-0.15, -0.1) is 0 Å². The standard InChI is InChI=1S/C16H16ClFN2O/c17-13-8-14(18)16(20-10-13)21-15(12-6-7-19-9-12)11-4-2-1-3-5-11/h1-5,8,10,12,15,19H,6-7,9H2/t12-,15?/m0/s1. The number of rotatable bonds is 4. The molecule has 0 spiro atoms. The van der Waals surface area contributed by atoms with Crippen LogP contribution in [-0.2, 0) is 0 Å². The van der Waals surface area contributed by atoms with Crippen molar-refractivity contribution in [3.63, 3.8) is 0 Å². The Morgan fingerprint density at radius 2 is 2.14 bits per heavy atom. The first-order chi connectivity index (χ1) is 10.2. The summed E-state index contributed by atoms with van der Waals surface area (Å²) in [4.78, 5) is 3.96. The Bertz CT molecular complexity index is 602. The molecule has 21 heavy (non-hydrogen) atoms. The van der Waals surface area contributed by atoms with E-state index in [9.17, 15) is 4.39 Å². The van der Waals surface area contributed by atoms with Crippen molar-refractivity contribution >= 4 is 11.6 Å². The molecule has 110 valence electrons. The average molecular weight is 307 g/mol. The van der Waals surface area contributed by atoms with Crippen molar-refractivity contribution in [3.05, 3.63) is 59.0 Å². The van der Waals surface area contributed by atoms with Crippen molar-refractivity contribution in [2.75, 3.05) is 13.1 Å². The summed E-state index contributed by atoms with van der Waals surface area (Å²) in [5.74, 6) is -0.237. The number of nitrogens with one attached hydrogen (secondary N) is 1. The number of halogens is 2. The van der Waals surface area contributed by atoms with Gasteiger partial charge >= 0.3 is 0 Å². The quantitative estimate of drug-likeness (QED) is 0.937. The molecule has 5 heteroatoms. The number of nitrogens with zero attached hydrogens (tertiary/aromatic N) is 1. The van der Waals surface area contributed by atoms with Crippen molar-refractivity contribution < 1.29 is 9.13 Å². The molecule has 1 unspecified atom stereocenters. The van der Waals surface area contributed by atoms with E-state index in [-0.39, 0.29) is 17.0 Å². The number of hydrogen-bond donors (Lipinski definition) is 1. The molecule has 1 fully saturated rings. The van der Waals surface area contributed by atoms with Crippen molar-refractivity contribution in [1.82, 2.24) is 10.3 Å². The molecule has 3 rings (SSSR count). The molecule has 1 aromatic heterocycles. The first kappa shape index (κ1) is 14.3. The summed E-state index contributed by atoms with van der Waals surface area (Å²) in [5, 5.41) is 3.58. The van der Waals surface area contributed by atoms with E-state index in [0.29, 0.717) is 5.92 Å². The van der Waals surface area contributed by atoms with Crippen LogP contribution in [-0.4, -0.2) is 18.1 Å². The fourth-order valence-electron chi connectivity index (χ4n) is 2.62. The first-order valence-electron chi connectivity index (χ1n) is 6.97. The van der Waals surface area contributed by atoms with Crippen molar-refractivity contribution in [2.24, 2.45) is 5.92 Å². The molecule has 0 aliphatic carbocycles. The molecule has 1 aliphatic heterocycles. The van der Waals surface area contributed by atoms with Crippen molar-refractivity contribution in [3.8, 4) is 5.88 Å². The van der Waals surface area contributed by atoms with Crippen LogP contribution in [0.5, 0.6) is 5.88 Å². The number of ether oxygens (including phenoxy) is 1. The van der Waals surface area contributed by atoms with Gasteiger partial charge in [-0.05, 0) is 24.6 Å². The normalized spacial score (nSPS) is 19.4. The van der Waals surface area contributed by atoms with Crippen LogP contribution in [0.1, 0.15) is 18.1 Å². The molecule has 0 radical (unpaired) electrons. The molecule has 0 bridgehead atoms. The maximum Gasteiger partial charge on any atom is 0.251 e. The fourth-order valence-corrected chi connectivity index (χ4v) is 2.77. The highest BCUT2D eigenvalue weighted by Gasteiger charge is 2.29. The van der Waals surface area contributed by atoms with E-state index in [2.05, 4.69) is 10.3 Å². The van der Waals surface area contributed by atoms with Crippen molar-refractivity contribution in [2.45, 2.75) is 12.5 Å². The summed E-state index contributed by atoms with van der Waals surface area (Å²) in [6.07, 6.45) is 2.17. The van der Waals surface area contributed by atoms with Crippen LogP contribution in [0.2, 0.25) is 5.02 Å². The van der Waals surface area contributed by atoms with E-state index in [1.54, 1.807) is 0 Å². The van der Waals surface area contributed by atoms with E-state index in [4.69, 9.17) is 16.3 Å². The number of pyridine rings is 1. The number of hydrogen-bond acceptors (Lipinski definition) is 3. The Morgan fingerprint density at radius 3 is 2.81 bits per heavy atom. The van der Waals surface area contributed by atoms with E-state index < -0.39 is 5.82 Å². The van der Waals surface area contributed by atoms with Crippen LogP contribution >= 0.6 is 11.6 Å². The van der Waals surface area contributed by atoms with Crippen LogP contribution in [0, 0.1) is 11.7 Å². The van der Waals surface area contributed by atoms with Crippen LogP contribution in [0.25, 0.3) is 0 Å². The topological polar surface area (TPSA) is 34.1 Å². The smallest absolute Gasteiger partial charge is 0.251 e. The fraction of sp³-hybridized carbons (Fsp3) is 0.312. The molecule has 2 aromatic rings. The summed E-state index contributed by atoms with van der Waals surface area (Å²) in [5.41, 5.74) is 1.03. The maximum atomic E-state index is 13.9. The van der Waals surface area contributed by atoms with Gasteiger partial charge in [0.05, 0.1) is 5.02 Å². The highest BCUT2D eigenvalue weighted by Crippen LogP contribution is 2.32. The third kappa shape index (κ3) is 3.34. The zero-order valence-corrected chi connectivity index (χ0v) is 12.2. The zero-order valence-electron chi connectivity index (χ0n) is 11.4. The monoisotopic (exact) mass is 306 g/mol. The predicted octanol–water partition coefficient (Wildman–Crippen LogP) is 3.60. The van der Waals surface area contributed by atoms with E-state index in [1.165, 1.54) is 12.3 Å². The molecule has 0 amide bonds. The molecule has 0 saturated carbocycles.